The SMILES string of the molecule is CCCNc1nc(-c2ccc(Cl)c(Br)c2)nc(C)c1I. The molecule has 2 rings (SSSR count). The van der Waals surface area contributed by atoms with Gasteiger partial charge in [0.1, 0.15) is 5.82 Å². The number of aromatic nitrogens is 2. The smallest absolute Gasteiger partial charge is 0.161 e. The van der Waals surface area contributed by atoms with E-state index in [1.54, 1.807) is 0 Å². The number of anilines is 1. The fourth-order valence-corrected chi connectivity index (χ4v) is 2.61. The van der Waals surface area contributed by atoms with Gasteiger partial charge in [-0.25, -0.2) is 9.97 Å². The highest BCUT2D eigenvalue weighted by atomic mass is 127. The number of hydrogen-bond donors (Lipinski definition) is 1. The summed E-state index contributed by atoms with van der Waals surface area (Å²) in [5.74, 6) is 1.60. The van der Waals surface area contributed by atoms with Crippen LogP contribution in [0, 0.1) is 10.5 Å². The summed E-state index contributed by atoms with van der Waals surface area (Å²) in [6.07, 6.45) is 1.06. The molecule has 1 N–H and O–H groups in total. The minimum atomic E-state index is 0.681. The van der Waals surface area contributed by atoms with Gasteiger partial charge < -0.3 is 5.32 Å². The third-order valence-corrected chi connectivity index (χ3v) is 5.24. The predicted octanol–water partition coefficient (Wildman–Crippen LogP) is 5.29. The first-order chi connectivity index (χ1) is 9.52. The molecule has 0 aliphatic carbocycles. The Balaban J connectivity index is 2.45. The second kappa shape index (κ2) is 7.04. The first-order valence-corrected chi connectivity index (χ1v) is 8.51. The van der Waals surface area contributed by atoms with Gasteiger partial charge in [0, 0.05) is 16.6 Å². The molecule has 1 heterocycles. The molecule has 0 radical (unpaired) electrons. The average Bonchev–Trinajstić information content (AvgIpc) is 2.43. The summed E-state index contributed by atoms with van der Waals surface area (Å²) >= 11 is 11.7. The van der Waals surface area contributed by atoms with Crippen LogP contribution in [0.1, 0.15) is 19.0 Å². The maximum absolute atomic E-state index is 6.02. The molecule has 0 unspecified atom stereocenters. The van der Waals surface area contributed by atoms with E-state index in [4.69, 9.17) is 11.6 Å². The van der Waals surface area contributed by atoms with E-state index in [0.717, 1.165) is 38.1 Å². The van der Waals surface area contributed by atoms with Gasteiger partial charge in [0.25, 0.3) is 0 Å². The van der Waals surface area contributed by atoms with Crippen molar-refractivity contribution in [2.45, 2.75) is 20.3 Å². The standard InChI is InChI=1S/C14H14BrClIN3/c1-3-6-18-14-12(17)8(2)19-13(20-14)9-4-5-11(16)10(15)7-9/h4-5,7H,3,6H2,1-2H3,(H,18,19,20). The van der Waals surface area contributed by atoms with Gasteiger partial charge in [0.2, 0.25) is 0 Å². The van der Waals surface area contributed by atoms with Crippen molar-refractivity contribution in [3.8, 4) is 11.4 Å². The van der Waals surface area contributed by atoms with Gasteiger partial charge in [-0.2, -0.15) is 0 Å². The highest BCUT2D eigenvalue weighted by Crippen LogP contribution is 2.29. The van der Waals surface area contributed by atoms with Crippen LogP contribution in [0.4, 0.5) is 5.82 Å². The van der Waals surface area contributed by atoms with Crippen molar-refractivity contribution in [2.75, 3.05) is 11.9 Å². The van der Waals surface area contributed by atoms with E-state index < -0.39 is 0 Å². The van der Waals surface area contributed by atoms with Gasteiger partial charge >= 0.3 is 0 Å². The zero-order valence-electron chi connectivity index (χ0n) is 11.2. The molecule has 0 aliphatic rings. The van der Waals surface area contributed by atoms with Crippen LogP contribution in [0.5, 0.6) is 0 Å². The Labute approximate surface area is 145 Å². The number of aryl methyl sites for hydroxylation is 1. The van der Waals surface area contributed by atoms with Crippen molar-refractivity contribution in [1.82, 2.24) is 9.97 Å². The molecule has 0 fully saturated rings. The lowest BCUT2D eigenvalue weighted by Crippen LogP contribution is -2.07. The second-order valence-electron chi connectivity index (χ2n) is 4.35. The summed E-state index contributed by atoms with van der Waals surface area (Å²) < 4.78 is 1.91. The summed E-state index contributed by atoms with van der Waals surface area (Å²) in [5, 5.41) is 4.02. The average molecular weight is 467 g/mol. The fraction of sp³-hybridized carbons (Fsp3) is 0.286. The van der Waals surface area contributed by atoms with Crippen molar-refractivity contribution >= 4 is 55.9 Å². The predicted molar refractivity (Wildman–Crippen MR) is 96.4 cm³/mol. The molecule has 0 atom stereocenters. The molecule has 1 aromatic carbocycles. The summed E-state index contributed by atoms with van der Waals surface area (Å²) in [6.45, 7) is 5.02. The molecular formula is C14H14BrClIN3. The Kier molecular flexibility index (Phi) is 5.63. The molecule has 20 heavy (non-hydrogen) atoms. The number of hydrogen-bond acceptors (Lipinski definition) is 3. The van der Waals surface area contributed by atoms with Gasteiger partial charge in [-0.1, -0.05) is 18.5 Å². The van der Waals surface area contributed by atoms with Gasteiger partial charge in [-0.15, -0.1) is 0 Å². The van der Waals surface area contributed by atoms with Crippen LogP contribution in [0.25, 0.3) is 11.4 Å². The maximum Gasteiger partial charge on any atom is 0.161 e. The molecule has 2 aromatic rings. The van der Waals surface area contributed by atoms with E-state index in [1.165, 1.54) is 0 Å². The minimum absolute atomic E-state index is 0.681. The van der Waals surface area contributed by atoms with E-state index in [2.05, 4.69) is 60.7 Å². The highest BCUT2D eigenvalue weighted by molar-refractivity contribution is 14.1. The van der Waals surface area contributed by atoms with E-state index in [-0.39, 0.29) is 0 Å². The highest BCUT2D eigenvalue weighted by Gasteiger charge is 2.11. The van der Waals surface area contributed by atoms with Gasteiger partial charge in [-0.05, 0) is 70.1 Å². The topological polar surface area (TPSA) is 37.8 Å². The molecular weight excluding hydrogens is 452 g/mol. The lowest BCUT2D eigenvalue weighted by molar-refractivity contribution is 0.958. The van der Waals surface area contributed by atoms with Gasteiger partial charge in [-0.3, -0.25) is 0 Å². The number of rotatable bonds is 4. The molecule has 1 aromatic heterocycles. The van der Waals surface area contributed by atoms with Crippen LogP contribution in [0.2, 0.25) is 5.02 Å². The third kappa shape index (κ3) is 3.62. The van der Waals surface area contributed by atoms with E-state index in [0.29, 0.717) is 10.8 Å². The summed E-state index contributed by atoms with van der Waals surface area (Å²) in [7, 11) is 0. The molecule has 0 aliphatic heterocycles. The largest absolute Gasteiger partial charge is 0.369 e. The zero-order chi connectivity index (χ0) is 14.7. The molecule has 3 nitrogen and oxygen atoms in total. The Bertz CT molecular complexity index is 634. The van der Waals surface area contributed by atoms with Crippen molar-refractivity contribution in [3.63, 3.8) is 0 Å². The van der Waals surface area contributed by atoms with Gasteiger partial charge in [0.05, 0.1) is 14.3 Å². The molecule has 0 amide bonds. The number of nitrogens with one attached hydrogen (secondary N) is 1. The van der Waals surface area contributed by atoms with Crippen molar-refractivity contribution in [1.29, 1.82) is 0 Å². The van der Waals surface area contributed by atoms with Crippen LogP contribution < -0.4 is 5.32 Å². The second-order valence-corrected chi connectivity index (χ2v) is 6.69. The monoisotopic (exact) mass is 465 g/mol. The summed E-state index contributed by atoms with van der Waals surface area (Å²) in [4.78, 5) is 9.18. The van der Waals surface area contributed by atoms with Crippen LogP contribution >= 0.6 is 50.1 Å². The Morgan fingerprint density at radius 3 is 2.75 bits per heavy atom. The first kappa shape index (κ1) is 16.0. The molecule has 0 saturated carbocycles. The van der Waals surface area contributed by atoms with Crippen LogP contribution in [0.15, 0.2) is 22.7 Å². The van der Waals surface area contributed by atoms with Crippen molar-refractivity contribution < 1.29 is 0 Å². The Hall–Kier alpha value is -0.400. The molecule has 106 valence electrons. The van der Waals surface area contributed by atoms with E-state index in [9.17, 15) is 0 Å². The fourth-order valence-electron chi connectivity index (χ4n) is 1.68. The van der Waals surface area contributed by atoms with Crippen LogP contribution in [-0.4, -0.2) is 16.5 Å². The Morgan fingerprint density at radius 1 is 1.35 bits per heavy atom. The summed E-state index contributed by atoms with van der Waals surface area (Å²) in [6, 6.07) is 5.71. The zero-order valence-corrected chi connectivity index (χ0v) is 15.7. The van der Waals surface area contributed by atoms with Crippen molar-refractivity contribution in [3.05, 3.63) is 37.0 Å². The molecule has 6 heteroatoms. The van der Waals surface area contributed by atoms with E-state index in [1.807, 2.05) is 25.1 Å². The first-order valence-electron chi connectivity index (χ1n) is 6.26. The van der Waals surface area contributed by atoms with Crippen LogP contribution in [0.3, 0.4) is 0 Å². The quantitative estimate of drug-likeness (QED) is 0.622. The normalized spacial score (nSPS) is 10.7. The van der Waals surface area contributed by atoms with Crippen molar-refractivity contribution in [2.24, 2.45) is 0 Å². The number of halogens is 3. The number of nitrogens with zero attached hydrogens (tertiary/aromatic N) is 2. The van der Waals surface area contributed by atoms with Gasteiger partial charge in [0.15, 0.2) is 5.82 Å². The minimum Gasteiger partial charge on any atom is -0.369 e. The van der Waals surface area contributed by atoms with E-state index >= 15 is 0 Å². The molecule has 0 spiro atoms. The maximum atomic E-state index is 6.02. The summed E-state index contributed by atoms with van der Waals surface area (Å²) in [5.41, 5.74) is 1.92. The lowest BCUT2D eigenvalue weighted by atomic mass is 10.2. The molecule has 0 saturated heterocycles. The molecule has 0 bridgehead atoms. The number of benzene rings is 1. The lowest BCUT2D eigenvalue weighted by Gasteiger charge is -2.11. The van der Waals surface area contributed by atoms with Crippen LogP contribution in [-0.2, 0) is 0 Å². The Morgan fingerprint density at radius 2 is 2.10 bits per heavy atom. The third-order valence-electron chi connectivity index (χ3n) is 2.74.